The average Bonchev–Trinajstić information content (AvgIpc) is 3.24. The molecule has 1 unspecified atom stereocenters. The van der Waals surface area contributed by atoms with E-state index in [0.717, 1.165) is 35.6 Å². The van der Waals surface area contributed by atoms with Gasteiger partial charge in [0.2, 0.25) is 5.91 Å². The number of ketones is 1. The summed E-state index contributed by atoms with van der Waals surface area (Å²) < 4.78 is 27.1. The van der Waals surface area contributed by atoms with Crippen molar-refractivity contribution in [2.75, 3.05) is 13.1 Å². The fraction of sp³-hybridized carbons (Fsp3) is 0.538. The van der Waals surface area contributed by atoms with Crippen LogP contribution in [0.1, 0.15) is 66.6 Å². The zero-order chi connectivity index (χ0) is 26.4. The Morgan fingerprint density at radius 3 is 2.59 bits per heavy atom. The van der Waals surface area contributed by atoms with Crippen LogP contribution in [0.4, 0.5) is 0 Å². The van der Waals surface area contributed by atoms with Gasteiger partial charge in [-0.05, 0) is 61.2 Å². The molecule has 2 fully saturated rings. The smallest absolute Gasteiger partial charge is 0.262 e. The summed E-state index contributed by atoms with van der Waals surface area (Å²) in [7, 11) is -3.92. The summed E-state index contributed by atoms with van der Waals surface area (Å²) in [5.41, 5.74) is 0.854. The number of aryl methyl sites for hydroxylation is 1. The Morgan fingerprint density at radius 2 is 1.92 bits per heavy atom. The van der Waals surface area contributed by atoms with Gasteiger partial charge in [0.25, 0.3) is 15.9 Å². The molecule has 0 spiro atoms. The summed E-state index contributed by atoms with van der Waals surface area (Å²) in [4.78, 5) is 44.0. The Kier molecular flexibility index (Phi) is 9.09. The van der Waals surface area contributed by atoms with Crippen LogP contribution >= 0.6 is 11.3 Å². The normalized spacial score (nSPS) is 20.7. The minimum Gasteiger partial charge on any atom is -0.344 e. The second-order valence-electron chi connectivity index (χ2n) is 9.87. The lowest BCUT2D eigenvalue weighted by atomic mass is 9.84. The summed E-state index contributed by atoms with van der Waals surface area (Å²) >= 11 is 1.33. The van der Waals surface area contributed by atoms with Crippen molar-refractivity contribution >= 4 is 39.0 Å². The van der Waals surface area contributed by atoms with E-state index in [0.29, 0.717) is 30.1 Å². The van der Waals surface area contributed by atoms with Crippen LogP contribution in [0.3, 0.4) is 0 Å². The van der Waals surface area contributed by atoms with Crippen molar-refractivity contribution in [2.45, 2.75) is 75.4 Å². The van der Waals surface area contributed by atoms with E-state index in [1.807, 2.05) is 18.4 Å². The second-order valence-corrected chi connectivity index (χ2v) is 12.7. The van der Waals surface area contributed by atoms with E-state index in [1.165, 1.54) is 30.0 Å². The second kappa shape index (κ2) is 12.3. The van der Waals surface area contributed by atoms with Crippen molar-refractivity contribution in [2.24, 2.45) is 5.92 Å². The van der Waals surface area contributed by atoms with Crippen LogP contribution in [0.15, 0.2) is 40.9 Å². The van der Waals surface area contributed by atoms with Gasteiger partial charge in [0.05, 0.1) is 17.5 Å². The molecular weight excluding hydrogens is 512 g/mol. The van der Waals surface area contributed by atoms with Gasteiger partial charge in [-0.25, -0.2) is 13.4 Å². The predicted molar refractivity (Wildman–Crippen MR) is 141 cm³/mol. The number of pyridine rings is 1. The molecule has 1 aliphatic heterocycles. The third-order valence-corrected chi connectivity index (χ3v) is 9.94. The molecule has 37 heavy (non-hydrogen) atoms. The molecule has 0 bridgehead atoms. The van der Waals surface area contributed by atoms with Gasteiger partial charge in [-0.3, -0.25) is 14.4 Å². The lowest BCUT2D eigenvalue weighted by Crippen LogP contribution is -2.53. The SMILES string of the molecule is Cc1ccsc1C(=O)NC(CC1CCCCC1)C(=O)N[C@H]1CCCN(S(=O)(=O)c2ccccn2)CC1=O. The molecule has 11 heteroatoms. The average molecular weight is 547 g/mol. The lowest BCUT2D eigenvalue weighted by Gasteiger charge is -2.28. The minimum absolute atomic E-state index is 0.107. The third kappa shape index (κ3) is 6.82. The van der Waals surface area contributed by atoms with Gasteiger partial charge in [-0.15, -0.1) is 11.3 Å². The summed E-state index contributed by atoms with van der Waals surface area (Å²) in [5.74, 6) is -0.726. The van der Waals surface area contributed by atoms with Crippen molar-refractivity contribution < 1.29 is 22.8 Å². The molecule has 1 aliphatic carbocycles. The predicted octanol–water partition coefficient (Wildman–Crippen LogP) is 3.06. The highest BCUT2D eigenvalue weighted by Gasteiger charge is 2.35. The molecule has 1 saturated carbocycles. The molecule has 0 aromatic carbocycles. The van der Waals surface area contributed by atoms with E-state index in [2.05, 4.69) is 15.6 Å². The largest absolute Gasteiger partial charge is 0.344 e. The Morgan fingerprint density at radius 1 is 1.14 bits per heavy atom. The molecule has 2 aromatic heterocycles. The fourth-order valence-electron chi connectivity index (χ4n) is 5.07. The Labute approximate surface area is 222 Å². The summed E-state index contributed by atoms with van der Waals surface area (Å²) in [6.07, 6.45) is 8.08. The molecule has 200 valence electrons. The summed E-state index contributed by atoms with van der Waals surface area (Å²) in [6, 6.07) is 4.90. The standard InChI is InChI=1S/C26H34N4O5S2/c1-18-12-15-36-24(18)26(33)29-21(16-19-8-3-2-4-9-19)25(32)28-20-10-7-14-30(17-22(20)31)37(34,35)23-11-5-6-13-27-23/h5-6,11-13,15,19-21H,2-4,7-10,14,16-17H2,1H3,(H,28,32)(H,29,33)/t20-,21?/m0/s1. The number of rotatable bonds is 8. The van der Waals surface area contributed by atoms with Gasteiger partial charge in [0, 0.05) is 12.7 Å². The molecular formula is C26H34N4O5S2. The van der Waals surface area contributed by atoms with Crippen molar-refractivity contribution in [3.05, 3.63) is 46.3 Å². The van der Waals surface area contributed by atoms with Gasteiger partial charge in [-0.1, -0.05) is 38.2 Å². The van der Waals surface area contributed by atoms with Crippen LogP contribution < -0.4 is 10.6 Å². The van der Waals surface area contributed by atoms with Gasteiger partial charge >= 0.3 is 0 Å². The first-order valence-electron chi connectivity index (χ1n) is 12.8. The number of carbonyl (C=O) groups is 3. The topological polar surface area (TPSA) is 126 Å². The summed E-state index contributed by atoms with van der Waals surface area (Å²) in [5, 5.41) is 7.49. The van der Waals surface area contributed by atoms with Crippen LogP contribution in [0.5, 0.6) is 0 Å². The molecule has 2 atom stereocenters. The number of hydrogen-bond acceptors (Lipinski definition) is 7. The molecule has 3 heterocycles. The highest BCUT2D eigenvalue weighted by Crippen LogP contribution is 2.28. The molecule has 2 amide bonds. The van der Waals surface area contributed by atoms with Crippen LogP contribution in [-0.4, -0.2) is 60.5 Å². The molecule has 4 rings (SSSR count). The monoisotopic (exact) mass is 546 g/mol. The zero-order valence-corrected chi connectivity index (χ0v) is 22.7. The molecule has 9 nitrogen and oxygen atoms in total. The molecule has 2 aromatic rings. The highest BCUT2D eigenvalue weighted by molar-refractivity contribution is 7.89. The van der Waals surface area contributed by atoms with E-state index in [9.17, 15) is 22.8 Å². The fourth-order valence-corrected chi connectivity index (χ4v) is 7.28. The molecule has 2 aliphatic rings. The van der Waals surface area contributed by atoms with E-state index >= 15 is 0 Å². The quantitative estimate of drug-likeness (QED) is 0.524. The first-order valence-corrected chi connectivity index (χ1v) is 15.2. The Balaban J connectivity index is 1.45. The number of thiophene rings is 1. The Bertz CT molecular complexity index is 1210. The number of aromatic nitrogens is 1. The first kappa shape index (κ1) is 27.4. The maximum Gasteiger partial charge on any atom is 0.262 e. The lowest BCUT2D eigenvalue weighted by molar-refractivity contribution is -0.129. The number of carbonyl (C=O) groups excluding carboxylic acids is 3. The Hall–Kier alpha value is -2.63. The molecule has 0 radical (unpaired) electrons. The van der Waals surface area contributed by atoms with E-state index < -0.39 is 28.0 Å². The zero-order valence-electron chi connectivity index (χ0n) is 21.0. The summed E-state index contributed by atoms with van der Waals surface area (Å²) in [6.45, 7) is 1.69. The maximum atomic E-state index is 13.4. The van der Waals surface area contributed by atoms with Gasteiger partial charge < -0.3 is 10.6 Å². The third-order valence-electron chi connectivity index (χ3n) is 7.16. The van der Waals surface area contributed by atoms with Crippen molar-refractivity contribution in [3.8, 4) is 0 Å². The number of sulfonamides is 1. The van der Waals surface area contributed by atoms with Crippen molar-refractivity contribution in [1.29, 1.82) is 0 Å². The number of amides is 2. The van der Waals surface area contributed by atoms with Crippen LogP contribution in [0.2, 0.25) is 0 Å². The van der Waals surface area contributed by atoms with E-state index in [-0.39, 0.29) is 29.8 Å². The van der Waals surface area contributed by atoms with E-state index in [4.69, 9.17) is 0 Å². The number of nitrogens with zero attached hydrogens (tertiary/aromatic N) is 2. The van der Waals surface area contributed by atoms with Gasteiger partial charge in [0.1, 0.15) is 6.04 Å². The maximum absolute atomic E-state index is 13.4. The van der Waals surface area contributed by atoms with Crippen LogP contribution in [-0.2, 0) is 19.6 Å². The number of Topliss-reactive ketones (excluding diaryl/α,β-unsaturated/α-hetero) is 1. The van der Waals surface area contributed by atoms with Crippen molar-refractivity contribution in [1.82, 2.24) is 19.9 Å². The van der Waals surface area contributed by atoms with Gasteiger partial charge in [-0.2, -0.15) is 4.31 Å². The van der Waals surface area contributed by atoms with Crippen LogP contribution in [0.25, 0.3) is 0 Å². The van der Waals surface area contributed by atoms with E-state index in [1.54, 1.807) is 12.1 Å². The number of nitrogens with one attached hydrogen (secondary N) is 2. The van der Waals surface area contributed by atoms with Gasteiger partial charge in [0.15, 0.2) is 10.8 Å². The highest BCUT2D eigenvalue weighted by atomic mass is 32.2. The minimum atomic E-state index is -3.92. The van der Waals surface area contributed by atoms with Crippen LogP contribution in [0, 0.1) is 12.8 Å². The van der Waals surface area contributed by atoms with Crippen molar-refractivity contribution in [3.63, 3.8) is 0 Å². The number of hydrogen-bond donors (Lipinski definition) is 2. The molecule has 2 N–H and O–H groups in total. The molecule has 1 saturated heterocycles. The first-order chi connectivity index (χ1) is 17.8.